The van der Waals surface area contributed by atoms with Gasteiger partial charge in [0, 0.05) is 11.4 Å². The Balaban J connectivity index is 2.63. The van der Waals surface area contributed by atoms with Gasteiger partial charge in [-0.25, -0.2) is 4.79 Å². The number of rotatable bonds is 4. The van der Waals surface area contributed by atoms with E-state index in [0.29, 0.717) is 18.0 Å². The Bertz CT molecular complexity index is 492. The zero-order valence-corrected chi connectivity index (χ0v) is 12.9. The number of carbonyl (C=O) groups is 2. The fraction of sp³-hybridized carbons (Fsp3) is 0.467. The Morgan fingerprint density at radius 1 is 1.14 bits per heavy atom. The molecule has 1 aromatic rings. The number of nitrogens with one attached hydrogen (secondary N) is 2. The quantitative estimate of drug-likeness (QED) is 0.795. The third-order valence-electron chi connectivity index (χ3n) is 2.89. The lowest BCUT2D eigenvalue weighted by molar-refractivity contribution is -0.119. The van der Waals surface area contributed by atoms with Gasteiger partial charge in [0.2, 0.25) is 5.91 Å². The number of hydrogen-bond acceptors (Lipinski definition) is 4. The van der Waals surface area contributed by atoms with Gasteiger partial charge in [-0.15, -0.1) is 0 Å². The van der Waals surface area contributed by atoms with E-state index >= 15 is 0 Å². The first-order chi connectivity index (χ1) is 9.74. The van der Waals surface area contributed by atoms with Gasteiger partial charge in [0.05, 0.1) is 12.6 Å². The summed E-state index contributed by atoms with van der Waals surface area (Å²) in [5.41, 5.74) is 6.78. The summed E-state index contributed by atoms with van der Waals surface area (Å²) in [5.74, 6) is -0.242. The van der Waals surface area contributed by atoms with Crippen LogP contribution in [0.1, 0.15) is 27.7 Å². The first kappa shape index (κ1) is 17.0. The summed E-state index contributed by atoms with van der Waals surface area (Å²) in [6.45, 7) is 7.76. The number of anilines is 2. The summed E-state index contributed by atoms with van der Waals surface area (Å²) in [5, 5.41) is 5.32. The van der Waals surface area contributed by atoms with Crippen molar-refractivity contribution in [1.29, 1.82) is 0 Å². The van der Waals surface area contributed by atoms with E-state index in [0.717, 1.165) is 0 Å². The van der Waals surface area contributed by atoms with Crippen LogP contribution in [0.15, 0.2) is 24.3 Å². The van der Waals surface area contributed by atoms with E-state index in [2.05, 4.69) is 10.6 Å². The number of carbonyl (C=O) groups excluding carboxylic acids is 2. The maximum atomic E-state index is 12.0. The molecule has 0 aliphatic carbocycles. The molecule has 1 unspecified atom stereocenters. The van der Waals surface area contributed by atoms with Gasteiger partial charge >= 0.3 is 6.09 Å². The van der Waals surface area contributed by atoms with Gasteiger partial charge < -0.3 is 15.8 Å². The Kier molecular flexibility index (Phi) is 5.72. The highest BCUT2D eigenvalue weighted by Crippen LogP contribution is 2.19. The predicted octanol–water partition coefficient (Wildman–Crippen LogP) is 2.57. The van der Waals surface area contributed by atoms with Crippen LogP contribution in [0, 0.1) is 5.41 Å². The van der Waals surface area contributed by atoms with E-state index in [1.165, 1.54) is 0 Å². The van der Waals surface area contributed by atoms with Crippen molar-refractivity contribution in [2.45, 2.75) is 33.7 Å². The number of ether oxygens (including phenoxy) is 1. The number of benzene rings is 1. The molecule has 2 amide bonds. The molecule has 1 atom stereocenters. The molecular formula is C15H23N3O3. The van der Waals surface area contributed by atoms with Crippen molar-refractivity contribution in [2.75, 3.05) is 17.2 Å². The SMILES string of the molecule is CCOC(=O)Nc1ccc(NC(=O)C(N)C(C)(C)C)cc1. The van der Waals surface area contributed by atoms with Gasteiger partial charge in [-0.1, -0.05) is 20.8 Å². The minimum absolute atomic E-state index is 0.242. The molecule has 0 fully saturated rings. The first-order valence-electron chi connectivity index (χ1n) is 6.84. The zero-order valence-electron chi connectivity index (χ0n) is 12.9. The molecule has 1 rings (SSSR count). The van der Waals surface area contributed by atoms with Gasteiger partial charge in [0.1, 0.15) is 0 Å². The monoisotopic (exact) mass is 293 g/mol. The van der Waals surface area contributed by atoms with E-state index in [-0.39, 0.29) is 11.3 Å². The molecule has 0 saturated carbocycles. The molecular weight excluding hydrogens is 270 g/mol. The molecule has 0 saturated heterocycles. The minimum Gasteiger partial charge on any atom is -0.450 e. The molecule has 0 aromatic heterocycles. The maximum absolute atomic E-state index is 12.0. The van der Waals surface area contributed by atoms with Crippen LogP contribution in [0.4, 0.5) is 16.2 Å². The Morgan fingerprint density at radius 2 is 1.62 bits per heavy atom. The minimum atomic E-state index is -0.602. The van der Waals surface area contributed by atoms with Crippen molar-refractivity contribution >= 4 is 23.4 Å². The topological polar surface area (TPSA) is 93.5 Å². The summed E-state index contributed by atoms with van der Waals surface area (Å²) in [6.07, 6.45) is -0.510. The Labute approximate surface area is 125 Å². The van der Waals surface area contributed by atoms with Gasteiger partial charge in [-0.05, 0) is 36.6 Å². The third-order valence-corrected chi connectivity index (χ3v) is 2.89. The van der Waals surface area contributed by atoms with Crippen molar-refractivity contribution in [3.05, 3.63) is 24.3 Å². The average molecular weight is 293 g/mol. The molecule has 1 aromatic carbocycles. The van der Waals surface area contributed by atoms with Crippen LogP contribution in [0.25, 0.3) is 0 Å². The summed E-state index contributed by atoms with van der Waals surface area (Å²) in [6, 6.07) is 6.13. The van der Waals surface area contributed by atoms with Crippen LogP contribution in [-0.4, -0.2) is 24.6 Å². The molecule has 6 heteroatoms. The predicted molar refractivity (Wildman–Crippen MR) is 83.1 cm³/mol. The van der Waals surface area contributed by atoms with Crippen LogP contribution < -0.4 is 16.4 Å². The molecule has 0 spiro atoms. The largest absolute Gasteiger partial charge is 0.450 e. The van der Waals surface area contributed by atoms with Crippen molar-refractivity contribution < 1.29 is 14.3 Å². The van der Waals surface area contributed by atoms with Gasteiger partial charge in [0.15, 0.2) is 0 Å². The van der Waals surface area contributed by atoms with Crippen LogP contribution in [0.2, 0.25) is 0 Å². The molecule has 4 N–H and O–H groups in total. The Morgan fingerprint density at radius 3 is 2.05 bits per heavy atom. The molecule has 116 valence electrons. The maximum Gasteiger partial charge on any atom is 0.411 e. The summed E-state index contributed by atoms with van der Waals surface area (Å²) < 4.78 is 4.77. The smallest absolute Gasteiger partial charge is 0.411 e. The van der Waals surface area contributed by atoms with Crippen molar-refractivity contribution in [1.82, 2.24) is 0 Å². The zero-order chi connectivity index (χ0) is 16.0. The van der Waals surface area contributed by atoms with Crippen LogP contribution in [0.5, 0.6) is 0 Å². The van der Waals surface area contributed by atoms with Crippen LogP contribution in [-0.2, 0) is 9.53 Å². The van der Waals surface area contributed by atoms with E-state index < -0.39 is 12.1 Å². The first-order valence-corrected chi connectivity index (χ1v) is 6.84. The highest BCUT2D eigenvalue weighted by atomic mass is 16.5. The Hall–Kier alpha value is -2.08. The highest BCUT2D eigenvalue weighted by Gasteiger charge is 2.27. The molecule has 0 heterocycles. The van der Waals surface area contributed by atoms with Crippen molar-refractivity contribution in [3.8, 4) is 0 Å². The fourth-order valence-electron chi connectivity index (χ4n) is 1.54. The van der Waals surface area contributed by atoms with E-state index in [1.54, 1.807) is 31.2 Å². The van der Waals surface area contributed by atoms with Crippen molar-refractivity contribution in [2.24, 2.45) is 11.1 Å². The number of hydrogen-bond donors (Lipinski definition) is 3. The third kappa shape index (κ3) is 5.43. The molecule has 0 bridgehead atoms. The summed E-state index contributed by atoms with van der Waals surface area (Å²) >= 11 is 0. The number of amides is 2. The standard InChI is InChI=1S/C15H23N3O3/c1-5-21-14(20)18-11-8-6-10(7-9-11)17-13(19)12(16)15(2,3)4/h6-9,12H,5,16H2,1-4H3,(H,17,19)(H,18,20). The van der Waals surface area contributed by atoms with E-state index in [4.69, 9.17) is 10.5 Å². The number of nitrogens with two attached hydrogens (primary N) is 1. The van der Waals surface area contributed by atoms with Crippen LogP contribution in [0.3, 0.4) is 0 Å². The van der Waals surface area contributed by atoms with E-state index in [1.807, 2.05) is 20.8 Å². The summed E-state index contributed by atoms with van der Waals surface area (Å²) in [7, 11) is 0. The lowest BCUT2D eigenvalue weighted by atomic mass is 9.87. The molecule has 6 nitrogen and oxygen atoms in total. The molecule has 0 aliphatic rings. The molecule has 21 heavy (non-hydrogen) atoms. The van der Waals surface area contributed by atoms with Gasteiger partial charge in [-0.2, -0.15) is 0 Å². The lowest BCUT2D eigenvalue weighted by Gasteiger charge is -2.25. The fourth-order valence-corrected chi connectivity index (χ4v) is 1.54. The lowest BCUT2D eigenvalue weighted by Crippen LogP contribution is -2.45. The second-order valence-electron chi connectivity index (χ2n) is 5.76. The van der Waals surface area contributed by atoms with Crippen molar-refractivity contribution in [3.63, 3.8) is 0 Å². The summed E-state index contributed by atoms with van der Waals surface area (Å²) in [4.78, 5) is 23.2. The normalized spacial score (nSPS) is 12.4. The van der Waals surface area contributed by atoms with Gasteiger partial charge in [0.25, 0.3) is 0 Å². The highest BCUT2D eigenvalue weighted by molar-refractivity contribution is 5.95. The molecule has 0 radical (unpaired) electrons. The second-order valence-corrected chi connectivity index (χ2v) is 5.76. The second kappa shape index (κ2) is 7.08. The molecule has 0 aliphatic heterocycles. The van der Waals surface area contributed by atoms with Gasteiger partial charge in [-0.3, -0.25) is 10.1 Å². The van der Waals surface area contributed by atoms with E-state index in [9.17, 15) is 9.59 Å². The van der Waals surface area contributed by atoms with Crippen LogP contribution >= 0.6 is 0 Å². The average Bonchev–Trinajstić information content (AvgIpc) is 2.39.